The summed E-state index contributed by atoms with van der Waals surface area (Å²) < 4.78 is 0. The zero-order chi connectivity index (χ0) is 11.5. The third-order valence-electron chi connectivity index (χ3n) is 3.48. The zero-order valence-corrected chi connectivity index (χ0v) is 10.7. The van der Waals surface area contributed by atoms with Gasteiger partial charge in [0.2, 0.25) is 0 Å². The molecule has 0 unspecified atom stereocenters. The van der Waals surface area contributed by atoms with Gasteiger partial charge >= 0.3 is 0 Å². The number of aliphatic hydroxyl groups excluding tert-OH is 1. The molecule has 0 aromatic rings. The Morgan fingerprint density at radius 1 is 0.688 bits per heavy atom. The van der Waals surface area contributed by atoms with Gasteiger partial charge in [0.1, 0.15) is 0 Å². The molecule has 1 heteroatoms. The Kier molecular flexibility index (Phi) is 8.51. The molecule has 0 heterocycles. The van der Waals surface area contributed by atoms with Crippen LogP contribution in [-0.2, 0) is 0 Å². The van der Waals surface area contributed by atoms with Crippen LogP contribution >= 0.6 is 0 Å². The minimum atomic E-state index is -0.190. The van der Waals surface area contributed by atoms with E-state index in [0.29, 0.717) is 0 Å². The number of hydrogen-bond acceptors (Lipinski definition) is 1. The molecule has 0 fully saturated rings. The first kappa shape index (κ1) is 13.8. The van der Waals surface area contributed by atoms with E-state index in [0.717, 1.165) is 12.8 Å². The van der Waals surface area contributed by atoms with E-state index in [1.807, 2.05) is 6.08 Å². The van der Waals surface area contributed by atoms with Crippen molar-refractivity contribution in [1.29, 1.82) is 0 Å². The molecule has 16 heavy (non-hydrogen) atoms. The van der Waals surface area contributed by atoms with Gasteiger partial charge in [0, 0.05) is 0 Å². The van der Waals surface area contributed by atoms with Crippen LogP contribution in [-0.4, -0.2) is 11.2 Å². The van der Waals surface area contributed by atoms with Crippen LogP contribution in [0.1, 0.15) is 77.0 Å². The third kappa shape index (κ3) is 7.92. The van der Waals surface area contributed by atoms with Gasteiger partial charge in [-0.25, -0.2) is 0 Å². The minimum absolute atomic E-state index is 0.190. The lowest BCUT2D eigenvalue weighted by Crippen LogP contribution is -2.01. The summed E-state index contributed by atoms with van der Waals surface area (Å²) in [6.07, 6.45) is 19.6. The zero-order valence-electron chi connectivity index (χ0n) is 10.7. The van der Waals surface area contributed by atoms with E-state index in [9.17, 15) is 5.11 Å². The van der Waals surface area contributed by atoms with Gasteiger partial charge < -0.3 is 5.11 Å². The number of aliphatic hydroxyl groups is 1. The van der Waals surface area contributed by atoms with E-state index in [-0.39, 0.29) is 6.10 Å². The van der Waals surface area contributed by atoms with Gasteiger partial charge in [-0.2, -0.15) is 0 Å². The molecule has 94 valence electrons. The van der Waals surface area contributed by atoms with Crippen molar-refractivity contribution in [2.24, 2.45) is 0 Å². The predicted octanol–water partition coefficient (Wildman–Crippen LogP) is 4.60. The molecule has 0 aliphatic heterocycles. The topological polar surface area (TPSA) is 20.2 Å². The second-order valence-corrected chi connectivity index (χ2v) is 5.11. The Bertz CT molecular complexity index is 174. The highest BCUT2D eigenvalue weighted by Crippen LogP contribution is 2.14. The summed E-state index contributed by atoms with van der Waals surface area (Å²) in [5, 5.41) is 9.69. The van der Waals surface area contributed by atoms with Crippen LogP contribution in [0.4, 0.5) is 0 Å². The summed E-state index contributed by atoms with van der Waals surface area (Å²) in [5.74, 6) is 0. The summed E-state index contributed by atoms with van der Waals surface area (Å²) in [6.45, 7) is 0. The van der Waals surface area contributed by atoms with Crippen LogP contribution < -0.4 is 0 Å². The van der Waals surface area contributed by atoms with Gasteiger partial charge in [0.25, 0.3) is 0 Å². The van der Waals surface area contributed by atoms with Crippen LogP contribution in [0.3, 0.4) is 0 Å². The van der Waals surface area contributed by atoms with Crippen molar-refractivity contribution >= 4 is 0 Å². The smallest absolute Gasteiger partial charge is 0.0720 e. The molecule has 1 rings (SSSR count). The maximum absolute atomic E-state index is 9.69. The van der Waals surface area contributed by atoms with Crippen LogP contribution in [0, 0.1) is 0 Å². The molecule has 1 nitrogen and oxygen atoms in total. The quantitative estimate of drug-likeness (QED) is 0.596. The minimum Gasteiger partial charge on any atom is -0.389 e. The third-order valence-corrected chi connectivity index (χ3v) is 3.48. The summed E-state index contributed by atoms with van der Waals surface area (Å²) >= 11 is 0. The fourth-order valence-corrected chi connectivity index (χ4v) is 2.38. The van der Waals surface area contributed by atoms with Crippen LogP contribution in [0.2, 0.25) is 0 Å². The molecule has 0 radical (unpaired) electrons. The Morgan fingerprint density at radius 3 is 1.81 bits per heavy atom. The van der Waals surface area contributed by atoms with Crippen molar-refractivity contribution in [2.75, 3.05) is 0 Å². The fraction of sp³-hybridized carbons (Fsp3) is 0.867. The van der Waals surface area contributed by atoms with E-state index in [4.69, 9.17) is 0 Å². The first-order chi connectivity index (χ1) is 7.89. The molecular weight excluding hydrogens is 196 g/mol. The van der Waals surface area contributed by atoms with E-state index in [1.165, 1.54) is 64.2 Å². The lowest BCUT2D eigenvalue weighted by molar-refractivity contribution is 0.207. The predicted molar refractivity (Wildman–Crippen MR) is 70.6 cm³/mol. The molecular formula is C15H28O. The largest absolute Gasteiger partial charge is 0.389 e. The average molecular weight is 224 g/mol. The summed E-state index contributed by atoms with van der Waals surface area (Å²) in [6, 6.07) is 0. The van der Waals surface area contributed by atoms with Gasteiger partial charge in [0.15, 0.2) is 0 Å². The summed E-state index contributed by atoms with van der Waals surface area (Å²) in [4.78, 5) is 0. The lowest BCUT2D eigenvalue weighted by Gasteiger charge is -2.05. The van der Waals surface area contributed by atoms with Crippen molar-refractivity contribution in [3.05, 3.63) is 12.2 Å². The number of allylic oxidation sites excluding steroid dienone is 1. The van der Waals surface area contributed by atoms with Crippen molar-refractivity contribution in [1.82, 2.24) is 0 Å². The molecule has 0 amide bonds. The Hall–Kier alpha value is -0.300. The highest BCUT2D eigenvalue weighted by atomic mass is 16.3. The van der Waals surface area contributed by atoms with E-state index in [1.54, 1.807) is 0 Å². The number of rotatable bonds is 0. The van der Waals surface area contributed by atoms with Gasteiger partial charge in [-0.15, -0.1) is 0 Å². The SMILES string of the molecule is O[C@@H]1/C=C/CCCCCCCCCCCC1. The molecule has 1 atom stereocenters. The molecule has 0 spiro atoms. The summed E-state index contributed by atoms with van der Waals surface area (Å²) in [7, 11) is 0. The normalized spacial score (nSPS) is 28.9. The monoisotopic (exact) mass is 224 g/mol. The van der Waals surface area contributed by atoms with E-state index in [2.05, 4.69) is 6.08 Å². The van der Waals surface area contributed by atoms with Gasteiger partial charge in [-0.1, -0.05) is 69.9 Å². The Morgan fingerprint density at radius 2 is 1.19 bits per heavy atom. The standard InChI is InChI=1S/C15H28O/c16-15-13-11-9-7-5-3-1-2-4-6-8-10-12-14-15/h11,13,15-16H,1-10,12,14H2/b13-11+/t15-/m1/s1. The highest BCUT2D eigenvalue weighted by Gasteiger charge is 1.99. The highest BCUT2D eigenvalue weighted by molar-refractivity contribution is 4.88. The van der Waals surface area contributed by atoms with Gasteiger partial charge in [-0.05, 0) is 19.3 Å². The molecule has 1 aliphatic rings. The molecule has 0 saturated heterocycles. The second-order valence-electron chi connectivity index (χ2n) is 5.11. The molecule has 0 bridgehead atoms. The Labute approximate surface area is 101 Å². The second kappa shape index (κ2) is 9.89. The van der Waals surface area contributed by atoms with Gasteiger partial charge in [0.05, 0.1) is 6.10 Å². The van der Waals surface area contributed by atoms with E-state index < -0.39 is 0 Å². The van der Waals surface area contributed by atoms with Gasteiger partial charge in [-0.3, -0.25) is 0 Å². The van der Waals surface area contributed by atoms with Crippen molar-refractivity contribution in [3.8, 4) is 0 Å². The van der Waals surface area contributed by atoms with Crippen molar-refractivity contribution in [3.63, 3.8) is 0 Å². The Balaban J connectivity index is 2.18. The molecule has 1 aliphatic carbocycles. The maximum atomic E-state index is 9.69. The molecule has 0 saturated carbocycles. The van der Waals surface area contributed by atoms with E-state index >= 15 is 0 Å². The first-order valence-corrected chi connectivity index (χ1v) is 7.24. The lowest BCUT2D eigenvalue weighted by atomic mass is 10.1. The summed E-state index contributed by atoms with van der Waals surface area (Å²) in [5.41, 5.74) is 0. The number of hydrogen-bond donors (Lipinski definition) is 1. The molecule has 0 aromatic carbocycles. The van der Waals surface area contributed by atoms with Crippen molar-refractivity contribution in [2.45, 2.75) is 83.2 Å². The van der Waals surface area contributed by atoms with Crippen LogP contribution in [0.15, 0.2) is 12.2 Å². The maximum Gasteiger partial charge on any atom is 0.0720 e. The van der Waals surface area contributed by atoms with Crippen LogP contribution in [0.25, 0.3) is 0 Å². The first-order valence-electron chi connectivity index (χ1n) is 7.24. The molecule has 1 N–H and O–H groups in total. The average Bonchev–Trinajstić information content (AvgIpc) is 2.29. The van der Waals surface area contributed by atoms with Crippen molar-refractivity contribution < 1.29 is 5.11 Å². The fourth-order valence-electron chi connectivity index (χ4n) is 2.38. The molecule has 0 aromatic heterocycles. The van der Waals surface area contributed by atoms with Crippen LogP contribution in [0.5, 0.6) is 0 Å².